The first-order valence-corrected chi connectivity index (χ1v) is 11.0. The van der Waals surface area contributed by atoms with E-state index in [4.69, 9.17) is 9.47 Å². The average molecular weight is 468 g/mol. The molecule has 1 saturated heterocycles. The maximum absolute atomic E-state index is 12.9. The van der Waals surface area contributed by atoms with E-state index < -0.39 is 22.5 Å². The Bertz CT molecular complexity index is 1090. The van der Waals surface area contributed by atoms with Crippen molar-refractivity contribution in [3.63, 3.8) is 0 Å². The molecular weight excluding hydrogens is 446 g/mol. The molecule has 1 fully saturated rings. The minimum absolute atomic E-state index is 0.00448. The van der Waals surface area contributed by atoms with Gasteiger partial charge >= 0.3 is 6.61 Å². The summed E-state index contributed by atoms with van der Waals surface area (Å²) in [6, 6.07) is 10.2. The molecule has 32 heavy (non-hydrogen) atoms. The summed E-state index contributed by atoms with van der Waals surface area (Å²) in [6.45, 7) is -1.92. The zero-order chi connectivity index (χ0) is 23.1. The van der Waals surface area contributed by atoms with Gasteiger partial charge in [-0.2, -0.15) is 13.1 Å². The minimum Gasteiger partial charge on any atom is -0.495 e. The van der Waals surface area contributed by atoms with Crippen molar-refractivity contribution >= 4 is 27.7 Å². The van der Waals surface area contributed by atoms with Crippen LogP contribution in [0.1, 0.15) is 5.56 Å². The molecule has 1 heterocycles. The third-order valence-corrected chi connectivity index (χ3v) is 6.48. The lowest BCUT2D eigenvalue weighted by Gasteiger charge is -2.26. The van der Waals surface area contributed by atoms with E-state index in [0.29, 0.717) is 13.2 Å². The molecule has 0 aliphatic carbocycles. The van der Waals surface area contributed by atoms with Crippen LogP contribution in [0.25, 0.3) is 6.08 Å². The zero-order valence-corrected chi connectivity index (χ0v) is 18.0. The Hall–Kier alpha value is -3.02. The SMILES string of the molecule is COc1ccc(S(=O)(=O)N2CCOCC2)cc1NC(=O)C=Cc1ccccc1OC(F)F. The van der Waals surface area contributed by atoms with E-state index in [-0.39, 0.29) is 40.7 Å². The number of carbonyl (C=O) groups excluding carboxylic acids is 1. The predicted molar refractivity (Wildman–Crippen MR) is 113 cm³/mol. The average Bonchev–Trinajstić information content (AvgIpc) is 2.78. The van der Waals surface area contributed by atoms with Gasteiger partial charge in [-0.15, -0.1) is 0 Å². The molecule has 11 heteroatoms. The molecule has 0 spiro atoms. The molecule has 0 saturated carbocycles. The molecule has 2 aromatic rings. The smallest absolute Gasteiger partial charge is 0.387 e. The third-order valence-electron chi connectivity index (χ3n) is 4.59. The molecule has 2 aromatic carbocycles. The van der Waals surface area contributed by atoms with Crippen LogP contribution in [0.15, 0.2) is 53.4 Å². The van der Waals surface area contributed by atoms with Crippen molar-refractivity contribution in [1.82, 2.24) is 4.31 Å². The van der Waals surface area contributed by atoms with Crippen LogP contribution in [-0.4, -0.2) is 58.7 Å². The Kier molecular flexibility index (Phi) is 7.78. The Morgan fingerprint density at radius 2 is 1.88 bits per heavy atom. The fraction of sp³-hybridized carbons (Fsp3) is 0.286. The molecule has 1 amide bonds. The summed E-state index contributed by atoms with van der Waals surface area (Å²) in [5.74, 6) is -0.437. The van der Waals surface area contributed by atoms with E-state index in [9.17, 15) is 22.0 Å². The first-order chi connectivity index (χ1) is 15.3. The number of anilines is 1. The summed E-state index contributed by atoms with van der Waals surface area (Å²) in [6.07, 6.45) is 2.43. The van der Waals surface area contributed by atoms with Gasteiger partial charge in [-0.05, 0) is 30.3 Å². The third kappa shape index (κ3) is 5.81. The number of alkyl halides is 2. The van der Waals surface area contributed by atoms with E-state index >= 15 is 0 Å². The summed E-state index contributed by atoms with van der Waals surface area (Å²) >= 11 is 0. The molecule has 172 valence electrons. The van der Waals surface area contributed by atoms with Crippen LogP contribution in [0.2, 0.25) is 0 Å². The van der Waals surface area contributed by atoms with Crippen molar-refractivity contribution in [3.05, 3.63) is 54.1 Å². The molecular formula is C21H22F2N2O6S. The lowest BCUT2D eigenvalue weighted by Crippen LogP contribution is -2.40. The van der Waals surface area contributed by atoms with Crippen LogP contribution in [0.3, 0.4) is 0 Å². The zero-order valence-electron chi connectivity index (χ0n) is 17.2. The number of benzene rings is 2. The van der Waals surface area contributed by atoms with Crippen LogP contribution >= 0.6 is 0 Å². The van der Waals surface area contributed by atoms with Gasteiger partial charge in [0.1, 0.15) is 11.5 Å². The second-order valence-corrected chi connectivity index (χ2v) is 8.56. The molecule has 1 aliphatic rings. The van der Waals surface area contributed by atoms with Crippen molar-refractivity contribution in [1.29, 1.82) is 0 Å². The van der Waals surface area contributed by atoms with Crippen LogP contribution in [0, 0.1) is 0 Å². The van der Waals surface area contributed by atoms with Gasteiger partial charge in [0.15, 0.2) is 0 Å². The Balaban J connectivity index is 1.80. The van der Waals surface area contributed by atoms with Gasteiger partial charge in [0.25, 0.3) is 0 Å². The Morgan fingerprint density at radius 1 is 1.16 bits per heavy atom. The number of sulfonamides is 1. The summed E-state index contributed by atoms with van der Waals surface area (Å²) in [5, 5.41) is 2.56. The first kappa shape index (κ1) is 23.6. The number of ether oxygens (including phenoxy) is 3. The number of hydrogen-bond donors (Lipinski definition) is 1. The van der Waals surface area contributed by atoms with Gasteiger partial charge in [-0.1, -0.05) is 18.2 Å². The van der Waals surface area contributed by atoms with Gasteiger partial charge < -0.3 is 19.5 Å². The molecule has 1 N–H and O–H groups in total. The normalized spacial score (nSPS) is 15.1. The molecule has 8 nitrogen and oxygen atoms in total. The number of rotatable bonds is 8. The summed E-state index contributed by atoms with van der Waals surface area (Å²) in [7, 11) is -2.39. The van der Waals surface area contributed by atoms with Gasteiger partial charge in [0.05, 0.1) is 30.9 Å². The molecule has 0 unspecified atom stereocenters. The second kappa shape index (κ2) is 10.5. The maximum atomic E-state index is 12.9. The van der Waals surface area contributed by atoms with E-state index in [1.807, 2.05) is 0 Å². The number of carbonyl (C=O) groups is 1. The van der Waals surface area contributed by atoms with Crippen molar-refractivity contribution in [3.8, 4) is 11.5 Å². The van der Waals surface area contributed by atoms with Crippen LogP contribution < -0.4 is 14.8 Å². The Morgan fingerprint density at radius 3 is 2.56 bits per heavy atom. The summed E-state index contributed by atoms with van der Waals surface area (Å²) in [5.41, 5.74) is 0.423. The van der Waals surface area contributed by atoms with Crippen molar-refractivity contribution in [2.75, 3.05) is 38.7 Å². The largest absolute Gasteiger partial charge is 0.495 e. The van der Waals surface area contributed by atoms with Crippen molar-refractivity contribution in [2.24, 2.45) is 0 Å². The number of methoxy groups -OCH3 is 1. The van der Waals surface area contributed by atoms with Crippen LogP contribution in [0.4, 0.5) is 14.5 Å². The molecule has 0 bridgehead atoms. The highest BCUT2D eigenvalue weighted by atomic mass is 32.2. The lowest BCUT2D eigenvalue weighted by atomic mass is 10.2. The molecule has 0 atom stereocenters. The second-order valence-electron chi connectivity index (χ2n) is 6.62. The number of para-hydroxylation sites is 1. The van der Waals surface area contributed by atoms with Gasteiger partial charge in [-0.25, -0.2) is 8.42 Å². The van der Waals surface area contributed by atoms with Gasteiger partial charge in [-0.3, -0.25) is 4.79 Å². The maximum Gasteiger partial charge on any atom is 0.387 e. The monoisotopic (exact) mass is 468 g/mol. The van der Waals surface area contributed by atoms with E-state index in [1.54, 1.807) is 6.07 Å². The highest BCUT2D eigenvalue weighted by molar-refractivity contribution is 7.89. The van der Waals surface area contributed by atoms with Crippen LogP contribution in [0.5, 0.6) is 11.5 Å². The van der Waals surface area contributed by atoms with Crippen molar-refractivity contribution < 1.29 is 36.2 Å². The number of amides is 1. The van der Waals surface area contributed by atoms with E-state index in [2.05, 4.69) is 10.1 Å². The molecule has 3 rings (SSSR count). The topological polar surface area (TPSA) is 94.2 Å². The first-order valence-electron chi connectivity index (χ1n) is 9.60. The summed E-state index contributed by atoms with van der Waals surface area (Å²) in [4.78, 5) is 12.4. The quantitative estimate of drug-likeness (QED) is 0.599. The summed E-state index contributed by atoms with van der Waals surface area (Å²) < 4.78 is 67.0. The number of hydrogen-bond acceptors (Lipinski definition) is 6. The highest BCUT2D eigenvalue weighted by Crippen LogP contribution is 2.29. The predicted octanol–water partition coefficient (Wildman–Crippen LogP) is 2.97. The number of morpholine rings is 1. The molecule has 1 aliphatic heterocycles. The van der Waals surface area contributed by atoms with Gasteiger partial charge in [0.2, 0.25) is 15.9 Å². The number of nitrogens with zero attached hydrogens (tertiary/aromatic N) is 1. The minimum atomic E-state index is -3.78. The number of halogens is 2. The lowest BCUT2D eigenvalue weighted by molar-refractivity contribution is -0.111. The van der Waals surface area contributed by atoms with Gasteiger partial charge in [0, 0.05) is 24.7 Å². The Labute approximate surface area is 184 Å². The highest BCUT2D eigenvalue weighted by Gasteiger charge is 2.27. The van der Waals surface area contributed by atoms with Crippen molar-refractivity contribution in [2.45, 2.75) is 11.5 Å². The standard InChI is InChI=1S/C21H22F2N2O6S/c1-29-19-8-7-16(32(27,28)25-10-12-30-13-11-25)14-17(19)24-20(26)9-6-15-4-2-3-5-18(15)31-21(22)23/h2-9,14,21H,10-13H2,1H3,(H,24,26). The van der Waals surface area contributed by atoms with E-state index in [0.717, 1.165) is 6.08 Å². The fourth-order valence-corrected chi connectivity index (χ4v) is 4.48. The molecule has 0 radical (unpaired) electrons. The fourth-order valence-electron chi connectivity index (χ4n) is 3.04. The van der Waals surface area contributed by atoms with Crippen LogP contribution in [-0.2, 0) is 19.6 Å². The number of nitrogens with one attached hydrogen (secondary N) is 1. The molecule has 0 aromatic heterocycles. The van der Waals surface area contributed by atoms with E-state index in [1.165, 1.54) is 53.9 Å².